The van der Waals surface area contributed by atoms with Crippen LogP contribution >= 0.6 is 0 Å². The van der Waals surface area contributed by atoms with Gasteiger partial charge >= 0.3 is 0 Å². The second kappa shape index (κ2) is 3.78. The van der Waals surface area contributed by atoms with Crippen LogP contribution in [0, 0.1) is 11.3 Å². The van der Waals surface area contributed by atoms with Gasteiger partial charge in [-0.05, 0) is 37.0 Å². The molecule has 1 nitrogen and oxygen atoms in total. The van der Waals surface area contributed by atoms with E-state index < -0.39 is 0 Å². The van der Waals surface area contributed by atoms with Crippen molar-refractivity contribution in [1.29, 1.82) is 0 Å². The maximum Gasteiger partial charge on any atom is 0.0571 e. The Balaban J connectivity index is 2.36. The van der Waals surface area contributed by atoms with Crippen molar-refractivity contribution in [3.63, 3.8) is 0 Å². The van der Waals surface area contributed by atoms with Crippen molar-refractivity contribution in [2.24, 2.45) is 11.3 Å². The summed E-state index contributed by atoms with van der Waals surface area (Å²) in [6.07, 6.45) is 5.77. The molecule has 0 aromatic carbocycles. The van der Waals surface area contributed by atoms with Crippen LogP contribution in [0.3, 0.4) is 0 Å². The topological polar surface area (TPSA) is 9.23 Å². The van der Waals surface area contributed by atoms with E-state index in [1.807, 2.05) is 7.11 Å². The smallest absolute Gasteiger partial charge is 0.0571 e. The standard InChI is InChI=1S/C11H22O/c1-11(2,3)9-5-7-10(12-4)8-6-9/h9-10H,5-8H2,1-4H3. The van der Waals surface area contributed by atoms with Gasteiger partial charge in [0.15, 0.2) is 0 Å². The van der Waals surface area contributed by atoms with E-state index in [1.165, 1.54) is 25.7 Å². The highest BCUT2D eigenvalue weighted by Gasteiger charge is 2.29. The van der Waals surface area contributed by atoms with Gasteiger partial charge in [0.25, 0.3) is 0 Å². The Labute approximate surface area is 76.5 Å². The van der Waals surface area contributed by atoms with Crippen molar-refractivity contribution in [3.05, 3.63) is 0 Å². The molecule has 0 N–H and O–H groups in total. The molecule has 1 rings (SSSR count). The van der Waals surface area contributed by atoms with Crippen molar-refractivity contribution >= 4 is 0 Å². The first-order valence-corrected chi connectivity index (χ1v) is 5.07. The van der Waals surface area contributed by atoms with Crippen LogP contribution in [0.2, 0.25) is 0 Å². The first-order chi connectivity index (χ1) is 5.54. The molecule has 0 radical (unpaired) electrons. The molecule has 0 aromatic heterocycles. The van der Waals surface area contributed by atoms with Gasteiger partial charge in [0.2, 0.25) is 0 Å². The summed E-state index contributed by atoms with van der Waals surface area (Å²) in [5.41, 5.74) is 0.499. The van der Waals surface area contributed by atoms with E-state index in [9.17, 15) is 0 Å². The van der Waals surface area contributed by atoms with Crippen LogP contribution in [0.15, 0.2) is 0 Å². The normalized spacial score (nSPS) is 32.0. The molecule has 1 aliphatic carbocycles. The molecule has 1 saturated carbocycles. The van der Waals surface area contributed by atoms with Crippen molar-refractivity contribution in [1.82, 2.24) is 0 Å². The third kappa shape index (κ3) is 2.48. The predicted molar refractivity (Wildman–Crippen MR) is 52.2 cm³/mol. The predicted octanol–water partition coefficient (Wildman–Crippen LogP) is 3.24. The molecule has 0 amide bonds. The monoisotopic (exact) mass is 170 g/mol. The average molecular weight is 170 g/mol. The lowest BCUT2D eigenvalue weighted by Gasteiger charge is -2.36. The van der Waals surface area contributed by atoms with E-state index in [4.69, 9.17) is 4.74 Å². The fourth-order valence-corrected chi connectivity index (χ4v) is 2.16. The zero-order valence-corrected chi connectivity index (χ0v) is 8.89. The highest BCUT2D eigenvalue weighted by molar-refractivity contribution is 4.80. The van der Waals surface area contributed by atoms with Gasteiger partial charge in [-0.15, -0.1) is 0 Å². The minimum atomic E-state index is 0.499. The van der Waals surface area contributed by atoms with Crippen LogP contribution in [0.25, 0.3) is 0 Å². The Morgan fingerprint density at radius 1 is 1.00 bits per heavy atom. The van der Waals surface area contributed by atoms with E-state index in [2.05, 4.69) is 20.8 Å². The summed E-state index contributed by atoms with van der Waals surface area (Å²) in [6.45, 7) is 7.06. The Morgan fingerprint density at radius 3 is 1.83 bits per heavy atom. The van der Waals surface area contributed by atoms with Gasteiger partial charge in [-0.25, -0.2) is 0 Å². The average Bonchev–Trinajstić information content (AvgIpc) is 2.03. The second-order valence-electron chi connectivity index (χ2n) is 5.08. The van der Waals surface area contributed by atoms with Gasteiger partial charge in [0.1, 0.15) is 0 Å². The van der Waals surface area contributed by atoms with Crippen LogP contribution in [-0.2, 0) is 4.74 Å². The zero-order valence-electron chi connectivity index (χ0n) is 8.89. The zero-order chi connectivity index (χ0) is 9.19. The summed E-state index contributed by atoms with van der Waals surface area (Å²) in [6, 6.07) is 0. The largest absolute Gasteiger partial charge is 0.381 e. The molecule has 0 saturated heterocycles. The molecule has 1 aliphatic rings. The van der Waals surface area contributed by atoms with Crippen LogP contribution in [-0.4, -0.2) is 13.2 Å². The van der Waals surface area contributed by atoms with Crippen molar-refractivity contribution in [3.8, 4) is 0 Å². The first kappa shape index (κ1) is 10.0. The molecular formula is C11H22O. The lowest BCUT2D eigenvalue weighted by Crippen LogP contribution is -2.28. The summed E-state index contributed by atoms with van der Waals surface area (Å²) < 4.78 is 5.35. The first-order valence-electron chi connectivity index (χ1n) is 5.07. The molecule has 1 fully saturated rings. The Morgan fingerprint density at radius 2 is 1.50 bits per heavy atom. The molecule has 1 heteroatoms. The summed E-state index contributed by atoms with van der Waals surface area (Å²) in [5, 5.41) is 0. The van der Waals surface area contributed by atoms with E-state index in [1.54, 1.807) is 0 Å². The minimum absolute atomic E-state index is 0.499. The Bertz CT molecular complexity index is 126. The van der Waals surface area contributed by atoms with Crippen molar-refractivity contribution in [2.45, 2.75) is 52.6 Å². The van der Waals surface area contributed by atoms with Crippen LogP contribution in [0.4, 0.5) is 0 Å². The molecule has 0 aliphatic heterocycles. The van der Waals surface area contributed by atoms with Gasteiger partial charge in [-0.2, -0.15) is 0 Å². The quantitative estimate of drug-likeness (QED) is 0.587. The lowest BCUT2D eigenvalue weighted by molar-refractivity contribution is 0.0353. The van der Waals surface area contributed by atoms with Gasteiger partial charge in [0.05, 0.1) is 6.10 Å². The maximum absolute atomic E-state index is 5.35. The lowest BCUT2D eigenvalue weighted by atomic mass is 9.72. The van der Waals surface area contributed by atoms with Crippen LogP contribution < -0.4 is 0 Å². The minimum Gasteiger partial charge on any atom is -0.381 e. The highest BCUT2D eigenvalue weighted by Crippen LogP contribution is 2.38. The summed E-state index contributed by atoms with van der Waals surface area (Å²) in [7, 11) is 1.84. The number of hydrogen-bond donors (Lipinski definition) is 0. The van der Waals surface area contributed by atoms with Gasteiger partial charge in [0, 0.05) is 7.11 Å². The summed E-state index contributed by atoms with van der Waals surface area (Å²) >= 11 is 0. The van der Waals surface area contributed by atoms with Crippen molar-refractivity contribution in [2.75, 3.05) is 7.11 Å². The Kier molecular flexibility index (Phi) is 3.16. The SMILES string of the molecule is COC1CCC(C(C)(C)C)CC1. The molecule has 12 heavy (non-hydrogen) atoms. The summed E-state index contributed by atoms with van der Waals surface area (Å²) in [4.78, 5) is 0. The van der Waals surface area contributed by atoms with Crippen molar-refractivity contribution < 1.29 is 4.74 Å². The number of methoxy groups -OCH3 is 1. The third-order valence-electron chi connectivity index (χ3n) is 3.23. The molecule has 0 spiro atoms. The van der Waals surface area contributed by atoms with E-state index in [0.29, 0.717) is 11.5 Å². The van der Waals surface area contributed by atoms with E-state index >= 15 is 0 Å². The fraction of sp³-hybridized carbons (Fsp3) is 1.00. The second-order valence-corrected chi connectivity index (χ2v) is 5.08. The molecule has 0 heterocycles. The number of ether oxygens (including phenoxy) is 1. The van der Waals surface area contributed by atoms with E-state index in [-0.39, 0.29) is 0 Å². The van der Waals surface area contributed by atoms with Gasteiger partial charge < -0.3 is 4.74 Å². The maximum atomic E-state index is 5.35. The molecule has 0 unspecified atom stereocenters. The van der Waals surface area contributed by atoms with Gasteiger partial charge in [-0.1, -0.05) is 20.8 Å². The van der Waals surface area contributed by atoms with Gasteiger partial charge in [-0.3, -0.25) is 0 Å². The molecule has 0 bridgehead atoms. The highest BCUT2D eigenvalue weighted by atomic mass is 16.5. The fourth-order valence-electron chi connectivity index (χ4n) is 2.16. The van der Waals surface area contributed by atoms with Crippen LogP contribution in [0.1, 0.15) is 46.5 Å². The molecular weight excluding hydrogens is 148 g/mol. The Hall–Kier alpha value is -0.0400. The van der Waals surface area contributed by atoms with E-state index in [0.717, 1.165) is 5.92 Å². The molecule has 0 aromatic rings. The molecule has 0 atom stereocenters. The number of hydrogen-bond acceptors (Lipinski definition) is 1. The third-order valence-corrected chi connectivity index (χ3v) is 3.23. The number of rotatable bonds is 1. The van der Waals surface area contributed by atoms with Crippen LogP contribution in [0.5, 0.6) is 0 Å². The summed E-state index contributed by atoms with van der Waals surface area (Å²) in [5.74, 6) is 0.906. The molecule has 72 valence electrons.